The first-order chi connectivity index (χ1) is 7.27. The molecule has 0 radical (unpaired) electrons. The third-order valence-corrected chi connectivity index (χ3v) is 2.83. The zero-order valence-electron chi connectivity index (χ0n) is 10.1. The van der Waals surface area contributed by atoms with Gasteiger partial charge in [-0.3, -0.25) is 9.69 Å². The van der Waals surface area contributed by atoms with Gasteiger partial charge in [0.05, 0.1) is 19.1 Å². The highest BCUT2D eigenvalue weighted by Crippen LogP contribution is 2.29. The minimum atomic E-state index is -2.62. The summed E-state index contributed by atoms with van der Waals surface area (Å²) in [6, 6.07) is 0. The van der Waals surface area contributed by atoms with Crippen LogP contribution in [0.25, 0.3) is 0 Å². The Balaban J connectivity index is 2.57. The summed E-state index contributed by atoms with van der Waals surface area (Å²) in [7, 11) is 1.31. The summed E-state index contributed by atoms with van der Waals surface area (Å²) in [6.45, 7) is 4.11. The summed E-state index contributed by atoms with van der Waals surface area (Å²) >= 11 is 0. The maximum atomic E-state index is 13.2. The largest absolute Gasteiger partial charge is 0.469 e. The second-order valence-corrected chi connectivity index (χ2v) is 5.05. The van der Waals surface area contributed by atoms with Crippen molar-refractivity contribution in [2.24, 2.45) is 5.41 Å². The number of piperidine rings is 1. The highest BCUT2D eigenvalue weighted by molar-refractivity contribution is 5.76. The third kappa shape index (κ3) is 3.40. The quantitative estimate of drug-likeness (QED) is 0.700. The first kappa shape index (κ1) is 13.4. The number of carbonyl (C=O) groups excluding carboxylic acids is 1. The van der Waals surface area contributed by atoms with Crippen LogP contribution in [0.3, 0.4) is 0 Å². The van der Waals surface area contributed by atoms with E-state index >= 15 is 0 Å². The van der Waals surface area contributed by atoms with Gasteiger partial charge in [-0.1, -0.05) is 0 Å². The number of hydrogen-bond acceptors (Lipinski definition) is 3. The van der Waals surface area contributed by atoms with Crippen molar-refractivity contribution >= 4 is 5.97 Å². The average molecular weight is 235 g/mol. The van der Waals surface area contributed by atoms with Crippen molar-refractivity contribution in [2.75, 3.05) is 26.7 Å². The molecule has 0 unspecified atom stereocenters. The lowest BCUT2D eigenvalue weighted by Gasteiger charge is -2.36. The van der Waals surface area contributed by atoms with E-state index in [1.165, 1.54) is 7.11 Å². The number of carbonyl (C=O) groups is 1. The molecule has 1 heterocycles. The van der Waals surface area contributed by atoms with Crippen LogP contribution in [-0.4, -0.2) is 43.5 Å². The molecule has 94 valence electrons. The van der Waals surface area contributed by atoms with Gasteiger partial charge in [-0.05, 0) is 26.8 Å². The van der Waals surface area contributed by atoms with Crippen LogP contribution in [-0.2, 0) is 9.53 Å². The molecule has 1 aliphatic heterocycles. The SMILES string of the molecule is COC(=O)C(C)(C)CN1CCCC(F)(F)C1. The van der Waals surface area contributed by atoms with Crippen LogP contribution >= 0.6 is 0 Å². The first-order valence-corrected chi connectivity index (χ1v) is 5.45. The van der Waals surface area contributed by atoms with E-state index in [1.54, 1.807) is 18.7 Å². The zero-order chi connectivity index (χ0) is 12.4. The Morgan fingerprint density at radius 1 is 1.50 bits per heavy atom. The Morgan fingerprint density at radius 2 is 2.12 bits per heavy atom. The first-order valence-electron chi connectivity index (χ1n) is 5.45. The Morgan fingerprint density at radius 3 is 2.62 bits per heavy atom. The molecular formula is C11H19F2NO2. The van der Waals surface area contributed by atoms with Gasteiger partial charge < -0.3 is 4.74 Å². The van der Waals surface area contributed by atoms with Crippen molar-refractivity contribution in [2.45, 2.75) is 32.6 Å². The molecule has 0 amide bonds. The van der Waals surface area contributed by atoms with Gasteiger partial charge in [-0.15, -0.1) is 0 Å². The molecular weight excluding hydrogens is 216 g/mol. The fraction of sp³-hybridized carbons (Fsp3) is 0.909. The van der Waals surface area contributed by atoms with Crippen molar-refractivity contribution in [1.29, 1.82) is 0 Å². The third-order valence-electron chi connectivity index (χ3n) is 2.83. The Hall–Kier alpha value is -0.710. The molecule has 16 heavy (non-hydrogen) atoms. The van der Waals surface area contributed by atoms with Crippen LogP contribution in [0.2, 0.25) is 0 Å². The molecule has 1 aliphatic rings. The van der Waals surface area contributed by atoms with Gasteiger partial charge in [-0.25, -0.2) is 8.78 Å². The normalized spacial score (nSPS) is 21.8. The van der Waals surface area contributed by atoms with E-state index in [0.29, 0.717) is 19.5 Å². The monoisotopic (exact) mass is 235 g/mol. The van der Waals surface area contributed by atoms with Gasteiger partial charge in [0.1, 0.15) is 0 Å². The van der Waals surface area contributed by atoms with Gasteiger partial charge in [0, 0.05) is 13.0 Å². The van der Waals surface area contributed by atoms with Gasteiger partial charge in [0.2, 0.25) is 0 Å². The topological polar surface area (TPSA) is 29.5 Å². The number of likely N-dealkylation sites (tertiary alicyclic amines) is 1. The molecule has 3 nitrogen and oxygen atoms in total. The number of ether oxygens (including phenoxy) is 1. The number of halogens is 2. The molecule has 0 N–H and O–H groups in total. The molecule has 0 atom stereocenters. The van der Waals surface area contributed by atoms with E-state index < -0.39 is 11.3 Å². The fourth-order valence-corrected chi connectivity index (χ4v) is 2.08. The Labute approximate surface area is 94.7 Å². The summed E-state index contributed by atoms with van der Waals surface area (Å²) in [6.07, 6.45) is 0.423. The van der Waals surface area contributed by atoms with Crippen LogP contribution in [0.4, 0.5) is 8.78 Å². The van der Waals surface area contributed by atoms with E-state index in [2.05, 4.69) is 4.74 Å². The second kappa shape index (κ2) is 4.65. The number of esters is 1. The van der Waals surface area contributed by atoms with Crippen LogP contribution < -0.4 is 0 Å². The lowest BCUT2D eigenvalue weighted by molar-refractivity contribution is -0.153. The van der Waals surface area contributed by atoms with Crippen LogP contribution in [0.15, 0.2) is 0 Å². The minimum Gasteiger partial charge on any atom is -0.469 e. The Bertz CT molecular complexity index is 267. The summed E-state index contributed by atoms with van der Waals surface area (Å²) in [5.41, 5.74) is -0.734. The molecule has 0 aromatic carbocycles. The molecule has 0 aromatic rings. The van der Waals surface area contributed by atoms with Gasteiger partial charge in [0.15, 0.2) is 0 Å². The van der Waals surface area contributed by atoms with Crippen molar-refractivity contribution < 1.29 is 18.3 Å². The van der Waals surface area contributed by atoms with Crippen molar-refractivity contribution in [3.63, 3.8) is 0 Å². The highest BCUT2D eigenvalue weighted by Gasteiger charge is 2.39. The average Bonchev–Trinajstić information content (AvgIpc) is 2.14. The molecule has 5 heteroatoms. The van der Waals surface area contributed by atoms with E-state index in [4.69, 9.17) is 0 Å². The molecule has 0 saturated carbocycles. The summed E-state index contributed by atoms with van der Waals surface area (Å²) in [5, 5.41) is 0. The van der Waals surface area contributed by atoms with E-state index in [0.717, 1.165) is 0 Å². The van der Waals surface area contributed by atoms with Crippen LogP contribution in [0, 0.1) is 5.41 Å². The second-order valence-electron chi connectivity index (χ2n) is 5.05. The predicted octanol–water partition coefficient (Wildman–Crippen LogP) is 1.92. The Kier molecular flexibility index (Phi) is 3.88. The summed E-state index contributed by atoms with van der Waals surface area (Å²) in [5.74, 6) is -2.98. The van der Waals surface area contributed by atoms with E-state index in [1.807, 2.05) is 0 Å². The zero-order valence-corrected chi connectivity index (χ0v) is 10.1. The summed E-state index contributed by atoms with van der Waals surface area (Å²) in [4.78, 5) is 13.1. The van der Waals surface area contributed by atoms with Crippen molar-refractivity contribution in [1.82, 2.24) is 4.90 Å². The molecule has 0 aromatic heterocycles. The van der Waals surface area contributed by atoms with Crippen molar-refractivity contribution in [3.05, 3.63) is 0 Å². The molecule has 0 spiro atoms. The minimum absolute atomic E-state index is 0.0534. The molecule has 0 bridgehead atoms. The van der Waals surface area contributed by atoms with Gasteiger partial charge in [0.25, 0.3) is 5.92 Å². The maximum Gasteiger partial charge on any atom is 0.312 e. The lowest BCUT2D eigenvalue weighted by Crippen LogP contribution is -2.48. The highest BCUT2D eigenvalue weighted by atomic mass is 19.3. The summed E-state index contributed by atoms with van der Waals surface area (Å²) < 4.78 is 31.0. The number of nitrogens with zero attached hydrogens (tertiary/aromatic N) is 1. The number of rotatable bonds is 3. The molecule has 0 aliphatic carbocycles. The van der Waals surface area contributed by atoms with Crippen LogP contribution in [0.5, 0.6) is 0 Å². The maximum absolute atomic E-state index is 13.2. The number of alkyl halides is 2. The van der Waals surface area contributed by atoms with E-state index in [-0.39, 0.29) is 18.9 Å². The van der Waals surface area contributed by atoms with Crippen molar-refractivity contribution in [3.8, 4) is 0 Å². The fourth-order valence-electron chi connectivity index (χ4n) is 2.08. The van der Waals surface area contributed by atoms with Gasteiger partial charge in [-0.2, -0.15) is 0 Å². The lowest BCUT2D eigenvalue weighted by atomic mass is 9.91. The standard InChI is InChI=1S/C11H19F2NO2/c1-10(2,9(15)16-3)7-14-6-4-5-11(12,13)8-14/h4-8H2,1-3H3. The molecule has 1 rings (SSSR count). The van der Waals surface area contributed by atoms with E-state index in [9.17, 15) is 13.6 Å². The molecule has 1 fully saturated rings. The number of hydrogen-bond donors (Lipinski definition) is 0. The number of methoxy groups -OCH3 is 1. The smallest absolute Gasteiger partial charge is 0.312 e. The predicted molar refractivity (Wildman–Crippen MR) is 56.4 cm³/mol. The molecule has 1 saturated heterocycles. The van der Waals surface area contributed by atoms with Gasteiger partial charge >= 0.3 is 5.97 Å². The van der Waals surface area contributed by atoms with Crippen LogP contribution in [0.1, 0.15) is 26.7 Å².